The molecule has 1 atom stereocenters. The number of hydrogen-bond acceptors (Lipinski definition) is 4. The number of nitrogens with zero attached hydrogens (tertiary/aromatic N) is 1. The normalized spacial score (nSPS) is 17.7. The van der Waals surface area contributed by atoms with Crippen LogP contribution in [0, 0.1) is 0 Å². The first-order valence-electron chi connectivity index (χ1n) is 7.10. The number of hydrogen-bond donors (Lipinski definition) is 1. The summed E-state index contributed by atoms with van der Waals surface area (Å²) in [5.41, 5.74) is -0.415. The molecule has 4 nitrogen and oxygen atoms in total. The summed E-state index contributed by atoms with van der Waals surface area (Å²) in [6.07, 6.45) is 0.835. The van der Waals surface area contributed by atoms with Gasteiger partial charge in [0, 0.05) is 30.1 Å². The predicted octanol–water partition coefficient (Wildman–Crippen LogP) is 2.89. The molecule has 1 aromatic rings. The van der Waals surface area contributed by atoms with Gasteiger partial charge in [0.05, 0.1) is 0 Å². The highest BCUT2D eigenvalue weighted by Gasteiger charge is 2.34. The molecule has 0 aliphatic carbocycles. The van der Waals surface area contributed by atoms with Crippen LogP contribution in [0.25, 0.3) is 0 Å². The van der Waals surface area contributed by atoms with Crippen molar-refractivity contribution >= 4 is 17.4 Å². The van der Waals surface area contributed by atoms with Gasteiger partial charge in [-0.3, -0.25) is 0 Å². The van der Waals surface area contributed by atoms with Gasteiger partial charge >= 0.3 is 6.09 Å². The maximum atomic E-state index is 11.8. The molecule has 1 fully saturated rings. The minimum atomic E-state index is -0.415. The van der Waals surface area contributed by atoms with Crippen molar-refractivity contribution in [2.24, 2.45) is 0 Å². The number of carbonyl (C=O) groups excluding carboxylic acids is 1. The van der Waals surface area contributed by atoms with Crippen LogP contribution in [0.5, 0.6) is 0 Å². The Balaban J connectivity index is 1.67. The molecule has 1 aliphatic heterocycles. The number of thiophene rings is 1. The molecule has 112 valence electrons. The van der Waals surface area contributed by atoms with E-state index in [2.05, 4.69) is 29.8 Å². The van der Waals surface area contributed by atoms with Crippen molar-refractivity contribution in [3.8, 4) is 0 Å². The van der Waals surface area contributed by atoms with E-state index < -0.39 is 5.60 Å². The molecule has 0 aromatic carbocycles. The Morgan fingerprint density at radius 1 is 1.55 bits per heavy atom. The zero-order valence-corrected chi connectivity index (χ0v) is 13.5. The second kappa shape index (κ2) is 6.14. The molecule has 2 rings (SSSR count). The molecule has 1 amide bonds. The molecule has 20 heavy (non-hydrogen) atoms. The third-order valence-corrected chi connectivity index (χ3v) is 4.04. The molecule has 1 aromatic heterocycles. The standard InChI is InChI=1S/C15H24N2O2S/c1-11(8-13-6-5-7-20-13)16-12-9-17(10-12)14(18)19-15(2,3)4/h5-7,11-12,16H,8-10H2,1-4H3. The first-order valence-corrected chi connectivity index (χ1v) is 7.98. The van der Waals surface area contributed by atoms with Gasteiger partial charge in [-0.15, -0.1) is 11.3 Å². The summed E-state index contributed by atoms with van der Waals surface area (Å²) in [7, 11) is 0. The van der Waals surface area contributed by atoms with Crippen molar-refractivity contribution in [3.05, 3.63) is 22.4 Å². The highest BCUT2D eigenvalue weighted by Crippen LogP contribution is 2.16. The third-order valence-electron chi connectivity index (χ3n) is 3.14. The van der Waals surface area contributed by atoms with Crippen LogP contribution in [0.2, 0.25) is 0 Å². The van der Waals surface area contributed by atoms with Crippen molar-refractivity contribution in [1.29, 1.82) is 0 Å². The number of ether oxygens (including phenoxy) is 1. The van der Waals surface area contributed by atoms with Gasteiger partial charge in [0.15, 0.2) is 0 Å². The van der Waals surface area contributed by atoms with E-state index in [0.717, 1.165) is 19.5 Å². The SMILES string of the molecule is CC(Cc1cccs1)NC1CN(C(=O)OC(C)(C)C)C1. The quantitative estimate of drug-likeness (QED) is 0.929. The van der Waals surface area contributed by atoms with E-state index in [4.69, 9.17) is 4.74 Å². The summed E-state index contributed by atoms with van der Waals surface area (Å²) in [5.74, 6) is 0. The highest BCUT2D eigenvalue weighted by atomic mass is 32.1. The fourth-order valence-electron chi connectivity index (χ4n) is 2.25. The van der Waals surface area contributed by atoms with E-state index in [1.165, 1.54) is 4.88 Å². The van der Waals surface area contributed by atoms with Gasteiger partial charge in [-0.25, -0.2) is 4.79 Å². The number of nitrogens with one attached hydrogen (secondary N) is 1. The smallest absolute Gasteiger partial charge is 0.410 e. The topological polar surface area (TPSA) is 41.6 Å². The zero-order chi connectivity index (χ0) is 14.8. The van der Waals surface area contributed by atoms with Gasteiger partial charge in [0.2, 0.25) is 0 Å². The van der Waals surface area contributed by atoms with Gasteiger partial charge in [-0.2, -0.15) is 0 Å². The summed E-state index contributed by atoms with van der Waals surface area (Å²) in [6, 6.07) is 5.06. The maximum absolute atomic E-state index is 11.8. The van der Waals surface area contributed by atoms with Crippen molar-refractivity contribution in [2.45, 2.75) is 51.8 Å². The van der Waals surface area contributed by atoms with Gasteiger partial charge in [-0.05, 0) is 45.6 Å². The lowest BCUT2D eigenvalue weighted by Gasteiger charge is -2.41. The van der Waals surface area contributed by atoms with Crippen molar-refractivity contribution in [1.82, 2.24) is 10.2 Å². The monoisotopic (exact) mass is 296 g/mol. The molecule has 0 spiro atoms. The second-order valence-electron chi connectivity index (χ2n) is 6.43. The first kappa shape index (κ1) is 15.3. The second-order valence-corrected chi connectivity index (χ2v) is 7.47. The lowest BCUT2D eigenvalue weighted by molar-refractivity contribution is 0.00437. The van der Waals surface area contributed by atoms with E-state index in [-0.39, 0.29) is 6.09 Å². The van der Waals surface area contributed by atoms with Crippen LogP contribution >= 0.6 is 11.3 Å². The van der Waals surface area contributed by atoms with Crippen LogP contribution in [0.3, 0.4) is 0 Å². The number of likely N-dealkylation sites (tertiary alicyclic amines) is 1. The van der Waals surface area contributed by atoms with Crippen molar-refractivity contribution in [3.63, 3.8) is 0 Å². The van der Waals surface area contributed by atoms with Crippen LogP contribution < -0.4 is 5.32 Å². The summed E-state index contributed by atoms with van der Waals surface area (Å²) in [5, 5.41) is 5.67. The van der Waals surface area contributed by atoms with Gasteiger partial charge < -0.3 is 15.0 Å². The van der Waals surface area contributed by atoms with E-state index in [9.17, 15) is 4.79 Å². The molecule has 1 N–H and O–H groups in total. The highest BCUT2D eigenvalue weighted by molar-refractivity contribution is 7.09. The minimum absolute atomic E-state index is 0.207. The lowest BCUT2D eigenvalue weighted by atomic mass is 10.1. The summed E-state index contributed by atoms with van der Waals surface area (Å²) in [6.45, 7) is 9.35. The molecule has 1 saturated heterocycles. The first-order chi connectivity index (χ1) is 9.33. The van der Waals surface area contributed by atoms with Crippen LogP contribution in [-0.4, -0.2) is 41.8 Å². The van der Waals surface area contributed by atoms with E-state index in [0.29, 0.717) is 12.1 Å². The lowest BCUT2D eigenvalue weighted by Crippen LogP contribution is -2.62. The Bertz CT molecular complexity index is 433. The number of amides is 1. The van der Waals surface area contributed by atoms with Gasteiger partial charge in [-0.1, -0.05) is 6.07 Å². The van der Waals surface area contributed by atoms with Gasteiger partial charge in [0.25, 0.3) is 0 Å². The molecule has 0 saturated carbocycles. The zero-order valence-electron chi connectivity index (χ0n) is 12.7. The van der Waals surface area contributed by atoms with Crippen LogP contribution in [-0.2, 0) is 11.2 Å². The average molecular weight is 296 g/mol. The number of rotatable bonds is 4. The van der Waals surface area contributed by atoms with Crippen molar-refractivity contribution < 1.29 is 9.53 Å². The van der Waals surface area contributed by atoms with Crippen molar-refractivity contribution in [2.75, 3.05) is 13.1 Å². The van der Waals surface area contributed by atoms with E-state index in [1.807, 2.05) is 20.8 Å². The van der Waals surface area contributed by atoms with Crippen LogP contribution in [0.15, 0.2) is 17.5 Å². The molecule has 2 heterocycles. The fourth-order valence-corrected chi connectivity index (χ4v) is 3.09. The molecule has 0 radical (unpaired) electrons. The van der Waals surface area contributed by atoms with E-state index in [1.54, 1.807) is 16.2 Å². The molecular weight excluding hydrogens is 272 g/mol. The Morgan fingerprint density at radius 3 is 2.80 bits per heavy atom. The summed E-state index contributed by atoms with van der Waals surface area (Å²) in [4.78, 5) is 15.0. The molecule has 1 aliphatic rings. The molecular formula is C15H24N2O2S. The Hall–Kier alpha value is -1.07. The fraction of sp³-hybridized carbons (Fsp3) is 0.667. The third kappa shape index (κ3) is 4.49. The predicted molar refractivity (Wildman–Crippen MR) is 82.2 cm³/mol. The number of carbonyl (C=O) groups is 1. The Morgan fingerprint density at radius 2 is 2.25 bits per heavy atom. The Labute approximate surface area is 125 Å². The molecule has 1 unspecified atom stereocenters. The summed E-state index contributed by atoms with van der Waals surface area (Å²) < 4.78 is 5.34. The van der Waals surface area contributed by atoms with Crippen LogP contribution in [0.4, 0.5) is 4.79 Å². The minimum Gasteiger partial charge on any atom is -0.444 e. The molecule has 0 bridgehead atoms. The largest absolute Gasteiger partial charge is 0.444 e. The van der Waals surface area contributed by atoms with E-state index >= 15 is 0 Å². The summed E-state index contributed by atoms with van der Waals surface area (Å²) >= 11 is 1.79. The Kier molecular flexibility index (Phi) is 4.70. The van der Waals surface area contributed by atoms with Crippen LogP contribution in [0.1, 0.15) is 32.6 Å². The average Bonchev–Trinajstić information content (AvgIpc) is 2.72. The molecule has 5 heteroatoms. The van der Waals surface area contributed by atoms with Gasteiger partial charge in [0.1, 0.15) is 5.60 Å². The maximum Gasteiger partial charge on any atom is 0.410 e.